The van der Waals surface area contributed by atoms with E-state index in [0.29, 0.717) is 24.9 Å². The van der Waals surface area contributed by atoms with Crippen LogP contribution < -0.4 is 5.32 Å². The van der Waals surface area contributed by atoms with Crippen LogP contribution in [0.1, 0.15) is 34.3 Å². The molecular formula is C25H24N4O4. The van der Waals surface area contributed by atoms with Crippen LogP contribution in [0.4, 0.5) is 0 Å². The summed E-state index contributed by atoms with van der Waals surface area (Å²) < 4.78 is 1.96. The quantitative estimate of drug-likeness (QED) is 0.586. The Hall–Kier alpha value is -3.78. The highest BCUT2D eigenvalue weighted by Crippen LogP contribution is 2.35. The Kier molecular flexibility index (Phi) is 5.30. The molecule has 168 valence electrons. The molecule has 1 unspecified atom stereocenters. The maximum Gasteiger partial charge on any atom is 0.255 e. The Labute approximate surface area is 190 Å². The van der Waals surface area contributed by atoms with Crippen molar-refractivity contribution in [3.63, 3.8) is 0 Å². The number of nitrogens with one attached hydrogen (secondary N) is 1. The van der Waals surface area contributed by atoms with Gasteiger partial charge in [-0.15, -0.1) is 0 Å². The van der Waals surface area contributed by atoms with Gasteiger partial charge in [-0.2, -0.15) is 0 Å². The van der Waals surface area contributed by atoms with Crippen LogP contribution in [-0.4, -0.2) is 49.9 Å². The molecule has 5 rings (SSSR count). The minimum atomic E-state index is -0.634. The summed E-state index contributed by atoms with van der Waals surface area (Å²) >= 11 is 0. The van der Waals surface area contributed by atoms with E-state index in [-0.39, 0.29) is 24.8 Å². The summed E-state index contributed by atoms with van der Waals surface area (Å²) in [7, 11) is 1.94. The number of fused-ring (bicyclic) bond motifs is 1. The summed E-state index contributed by atoms with van der Waals surface area (Å²) in [5.74, 6) is -0.903. The molecule has 3 amide bonds. The number of carbonyl (C=O) groups excluding carboxylic acids is 3. The third-order valence-corrected chi connectivity index (χ3v) is 6.33. The fraction of sp³-hybridized carbons (Fsp3) is 0.280. The van der Waals surface area contributed by atoms with Crippen molar-refractivity contribution in [2.75, 3.05) is 6.61 Å². The number of carbonyl (C=O) groups is 3. The third-order valence-electron chi connectivity index (χ3n) is 6.33. The number of rotatable bonds is 5. The average Bonchev–Trinajstić information content (AvgIpc) is 3.34. The molecule has 1 aromatic heterocycles. The smallest absolute Gasteiger partial charge is 0.255 e. The standard InChI is InChI=1S/C25H24N4O4/c1-28-14-26-22(23(28)17-4-2-3-15(11-17)9-10-30)16-5-6-19-18(12-16)13-29(25(19)33)20-7-8-21(31)27-24(20)32/h2-6,11-12,14,20,30H,7-10,13H2,1H3,(H,27,31,32). The number of imidazole rings is 1. The lowest BCUT2D eigenvalue weighted by molar-refractivity contribution is -0.136. The number of nitrogens with zero attached hydrogens (tertiary/aromatic N) is 3. The molecule has 0 aliphatic carbocycles. The summed E-state index contributed by atoms with van der Waals surface area (Å²) in [5.41, 5.74) is 6.09. The number of piperidine rings is 1. The van der Waals surface area contributed by atoms with Crippen molar-refractivity contribution in [3.8, 4) is 22.5 Å². The number of aliphatic hydroxyl groups is 1. The van der Waals surface area contributed by atoms with Gasteiger partial charge in [0.15, 0.2) is 0 Å². The van der Waals surface area contributed by atoms with Gasteiger partial charge in [-0.3, -0.25) is 19.7 Å². The maximum atomic E-state index is 13.0. The molecule has 1 saturated heterocycles. The Balaban J connectivity index is 1.48. The zero-order valence-corrected chi connectivity index (χ0v) is 18.2. The Morgan fingerprint density at radius 3 is 2.76 bits per heavy atom. The molecule has 3 heterocycles. The van der Waals surface area contributed by atoms with Crippen LogP contribution >= 0.6 is 0 Å². The van der Waals surface area contributed by atoms with Crippen LogP contribution in [0.3, 0.4) is 0 Å². The van der Waals surface area contributed by atoms with Gasteiger partial charge in [-0.1, -0.05) is 24.3 Å². The molecule has 8 nitrogen and oxygen atoms in total. The van der Waals surface area contributed by atoms with E-state index in [1.807, 2.05) is 41.9 Å². The minimum absolute atomic E-state index is 0.0875. The minimum Gasteiger partial charge on any atom is -0.396 e. The van der Waals surface area contributed by atoms with Crippen LogP contribution in [-0.2, 0) is 29.6 Å². The molecule has 2 aliphatic heterocycles. The van der Waals surface area contributed by atoms with Crippen molar-refractivity contribution in [1.29, 1.82) is 0 Å². The molecule has 1 atom stereocenters. The predicted molar refractivity (Wildman–Crippen MR) is 121 cm³/mol. The summed E-state index contributed by atoms with van der Waals surface area (Å²) in [5, 5.41) is 11.6. The second-order valence-electron chi connectivity index (χ2n) is 8.50. The first-order chi connectivity index (χ1) is 16.0. The van der Waals surface area contributed by atoms with E-state index in [0.717, 1.165) is 33.6 Å². The van der Waals surface area contributed by atoms with Crippen molar-refractivity contribution in [1.82, 2.24) is 19.8 Å². The molecule has 3 aromatic rings. The molecule has 33 heavy (non-hydrogen) atoms. The second kappa shape index (κ2) is 8.29. The molecule has 2 aromatic carbocycles. The fourth-order valence-corrected chi connectivity index (χ4v) is 4.71. The Morgan fingerprint density at radius 1 is 1.12 bits per heavy atom. The predicted octanol–water partition coefficient (Wildman–Crippen LogP) is 2.05. The van der Waals surface area contributed by atoms with Gasteiger partial charge >= 0.3 is 0 Å². The van der Waals surface area contributed by atoms with Crippen molar-refractivity contribution < 1.29 is 19.5 Å². The second-order valence-corrected chi connectivity index (χ2v) is 8.50. The first kappa shape index (κ1) is 21.1. The SMILES string of the molecule is Cn1cnc(-c2ccc3c(c2)CN(C2CCC(=O)NC2=O)C3=O)c1-c1cccc(CCO)c1. The average molecular weight is 444 g/mol. The van der Waals surface area contributed by atoms with Gasteiger partial charge < -0.3 is 14.6 Å². The Morgan fingerprint density at radius 2 is 1.97 bits per heavy atom. The van der Waals surface area contributed by atoms with Crippen LogP contribution in [0, 0.1) is 0 Å². The normalized spacial score (nSPS) is 17.9. The Bertz CT molecular complexity index is 1280. The topological polar surface area (TPSA) is 105 Å². The molecule has 8 heteroatoms. The molecule has 0 radical (unpaired) electrons. The number of hydrogen-bond acceptors (Lipinski definition) is 5. The summed E-state index contributed by atoms with van der Waals surface area (Å²) in [6.07, 6.45) is 2.91. The van der Waals surface area contributed by atoms with Crippen LogP contribution in [0.5, 0.6) is 0 Å². The van der Waals surface area contributed by atoms with E-state index < -0.39 is 11.9 Å². The third kappa shape index (κ3) is 3.72. The van der Waals surface area contributed by atoms with Crippen molar-refractivity contribution >= 4 is 17.7 Å². The van der Waals surface area contributed by atoms with Crippen LogP contribution in [0.15, 0.2) is 48.8 Å². The van der Waals surface area contributed by atoms with E-state index >= 15 is 0 Å². The highest BCUT2D eigenvalue weighted by molar-refractivity contribution is 6.05. The number of hydrogen-bond donors (Lipinski definition) is 2. The zero-order valence-electron chi connectivity index (χ0n) is 18.2. The lowest BCUT2D eigenvalue weighted by Crippen LogP contribution is -2.52. The van der Waals surface area contributed by atoms with Crippen molar-refractivity contribution in [2.45, 2.75) is 31.8 Å². The number of aliphatic hydroxyl groups excluding tert-OH is 1. The zero-order chi connectivity index (χ0) is 23.1. The van der Waals surface area contributed by atoms with Crippen molar-refractivity contribution in [3.05, 3.63) is 65.5 Å². The molecule has 0 bridgehead atoms. The monoisotopic (exact) mass is 444 g/mol. The number of amides is 3. The molecule has 0 saturated carbocycles. The first-order valence-electron chi connectivity index (χ1n) is 11.0. The van der Waals surface area contributed by atoms with Gasteiger partial charge in [0.2, 0.25) is 11.8 Å². The first-order valence-corrected chi connectivity index (χ1v) is 11.0. The lowest BCUT2D eigenvalue weighted by Gasteiger charge is -2.29. The molecular weight excluding hydrogens is 420 g/mol. The summed E-state index contributed by atoms with van der Waals surface area (Å²) in [6.45, 7) is 0.409. The summed E-state index contributed by atoms with van der Waals surface area (Å²) in [4.78, 5) is 42.9. The lowest BCUT2D eigenvalue weighted by atomic mass is 9.99. The maximum absolute atomic E-state index is 13.0. The largest absolute Gasteiger partial charge is 0.396 e. The number of imide groups is 1. The van der Waals surface area contributed by atoms with E-state index in [4.69, 9.17) is 0 Å². The van der Waals surface area contributed by atoms with Gasteiger partial charge in [-0.25, -0.2) is 4.98 Å². The highest BCUT2D eigenvalue weighted by atomic mass is 16.3. The van der Waals surface area contributed by atoms with Crippen molar-refractivity contribution in [2.24, 2.45) is 7.05 Å². The fourth-order valence-electron chi connectivity index (χ4n) is 4.71. The molecule has 1 fully saturated rings. The van der Waals surface area contributed by atoms with Gasteiger partial charge in [0.05, 0.1) is 17.7 Å². The van der Waals surface area contributed by atoms with Gasteiger partial charge in [0, 0.05) is 43.3 Å². The summed E-state index contributed by atoms with van der Waals surface area (Å²) in [6, 6.07) is 13.0. The van der Waals surface area contributed by atoms with Gasteiger partial charge in [0.1, 0.15) is 6.04 Å². The molecule has 2 aliphatic rings. The molecule has 0 spiro atoms. The van der Waals surface area contributed by atoms with E-state index in [9.17, 15) is 19.5 Å². The van der Waals surface area contributed by atoms with Gasteiger partial charge in [-0.05, 0) is 42.2 Å². The molecule has 2 N–H and O–H groups in total. The van der Waals surface area contributed by atoms with E-state index in [1.54, 1.807) is 17.3 Å². The number of aryl methyl sites for hydroxylation is 1. The highest BCUT2D eigenvalue weighted by Gasteiger charge is 2.39. The van der Waals surface area contributed by atoms with E-state index in [2.05, 4.69) is 16.4 Å². The van der Waals surface area contributed by atoms with Crippen LogP contribution in [0.2, 0.25) is 0 Å². The van der Waals surface area contributed by atoms with E-state index in [1.165, 1.54) is 0 Å². The van der Waals surface area contributed by atoms with Crippen LogP contribution in [0.25, 0.3) is 22.5 Å². The number of benzene rings is 2. The number of aromatic nitrogens is 2. The van der Waals surface area contributed by atoms with Gasteiger partial charge in [0.25, 0.3) is 5.91 Å².